The zero-order chi connectivity index (χ0) is 11.9. The van der Waals surface area contributed by atoms with E-state index in [2.05, 4.69) is 25.8 Å². The van der Waals surface area contributed by atoms with Gasteiger partial charge in [-0.25, -0.2) is 4.79 Å². The predicted octanol–water partition coefficient (Wildman–Crippen LogP) is 3.03. The Hall–Kier alpha value is -1.22. The topological polar surface area (TPSA) is 37.8 Å². The van der Waals surface area contributed by atoms with Crippen LogP contribution in [0.15, 0.2) is 23.0 Å². The average Bonchev–Trinajstić information content (AvgIpc) is 2.40. The van der Waals surface area contributed by atoms with E-state index >= 15 is 0 Å². The third kappa shape index (κ3) is 2.14. The molecule has 2 aromatic rings. The molecule has 1 aromatic heterocycles. The van der Waals surface area contributed by atoms with Gasteiger partial charge in [0.05, 0.1) is 11.0 Å². The van der Waals surface area contributed by atoms with Gasteiger partial charge >= 0.3 is 5.69 Å². The highest BCUT2D eigenvalue weighted by atomic mass is 35.5. The molecule has 0 amide bonds. The van der Waals surface area contributed by atoms with Crippen LogP contribution in [-0.4, -0.2) is 9.55 Å². The second-order valence-corrected chi connectivity index (χ2v) is 5.67. The molecule has 4 heteroatoms. The van der Waals surface area contributed by atoms with Crippen LogP contribution in [0.3, 0.4) is 0 Å². The summed E-state index contributed by atoms with van der Waals surface area (Å²) in [5, 5.41) is 0.636. The van der Waals surface area contributed by atoms with Gasteiger partial charge in [0.15, 0.2) is 0 Å². The highest BCUT2D eigenvalue weighted by Gasteiger charge is 2.15. The minimum absolute atomic E-state index is 0.0680. The Morgan fingerprint density at radius 2 is 2.06 bits per heavy atom. The molecule has 0 saturated heterocycles. The summed E-state index contributed by atoms with van der Waals surface area (Å²) < 4.78 is 1.76. The first-order chi connectivity index (χ1) is 7.37. The summed E-state index contributed by atoms with van der Waals surface area (Å²) >= 11 is 5.88. The molecular weight excluding hydrogens is 224 g/mol. The molecule has 0 bridgehead atoms. The van der Waals surface area contributed by atoms with Crippen LogP contribution in [0.5, 0.6) is 0 Å². The van der Waals surface area contributed by atoms with Gasteiger partial charge in [-0.15, -0.1) is 0 Å². The fourth-order valence-electron chi connectivity index (χ4n) is 1.77. The highest BCUT2D eigenvalue weighted by molar-refractivity contribution is 6.31. The maximum atomic E-state index is 11.8. The Labute approximate surface area is 99.0 Å². The number of halogens is 1. The van der Waals surface area contributed by atoms with Crippen molar-refractivity contribution in [2.75, 3.05) is 0 Å². The van der Waals surface area contributed by atoms with Gasteiger partial charge in [0, 0.05) is 11.6 Å². The van der Waals surface area contributed by atoms with Crippen LogP contribution in [0.25, 0.3) is 11.0 Å². The smallest absolute Gasteiger partial charge is 0.305 e. The van der Waals surface area contributed by atoms with Gasteiger partial charge < -0.3 is 4.98 Å². The molecule has 16 heavy (non-hydrogen) atoms. The van der Waals surface area contributed by atoms with Crippen LogP contribution >= 0.6 is 11.6 Å². The Morgan fingerprint density at radius 1 is 1.38 bits per heavy atom. The zero-order valence-electron chi connectivity index (χ0n) is 9.67. The van der Waals surface area contributed by atoms with E-state index in [1.54, 1.807) is 16.7 Å². The fourth-order valence-corrected chi connectivity index (χ4v) is 1.94. The summed E-state index contributed by atoms with van der Waals surface area (Å²) in [5.74, 6) is 0. The van der Waals surface area contributed by atoms with Gasteiger partial charge in [0.2, 0.25) is 0 Å². The molecule has 0 radical (unpaired) electrons. The fraction of sp³-hybridized carbons (Fsp3) is 0.417. The quantitative estimate of drug-likeness (QED) is 0.815. The molecule has 0 saturated carbocycles. The number of nitrogens with one attached hydrogen (secondary N) is 1. The van der Waals surface area contributed by atoms with Crippen LogP contribution in [0.4, 0.5) is 0 Å². The van der Waals surface area contributed by atoms with Crippen LogP contribution in [0, 0.1) is 5.41 Å². The third-order valence-electron chi connectivity index (χ3n) is 2.37. The van der Waals surface area contributed by atoms with E-state index in [1.165, 1.54) is 0 Å². The summed E-state index contributed by atoms with van der Waals surface area (Å²) in [6.45, 7) is 7.00. The minimum Gasteiger partial charge on any atom is -0.305 e. The van der Waals surface area contributed by atoms with Crippen molar-refractivity contribution in [1.29, 1.82) is 0 Å². The summed E-state index contributed by atoms with van der Waals surface area (Å²) in [4.78, 5) is 14.6. The second-order valence-electron chi connectivity index (χ2n) is 5.24. The minimum atomic E-state index is -0.0767. The number of imidazole rings is 1. The van der Waals surface area contributed by atoms with Crippen LogP contribution in [-0.2, 0) is 6.54 Å². The first kappa shape index (κ1) is 11.3. The number of hydrogen-bond acceptors (Lipinski definition) is 1. The van der Waals surface area contributed by atoms with Gasteiger partial charge in [-0.2, -0.15) is 0 Å². The maximum Gasteiger partial charge on any atom is 0.326 e. The Balaban J connectivity index is 2.61. The van der Waals surface area contributed by atoms with Crippen molar-refractivity contribution in [1.82, 2.24) is 9.55 Å². The van der Waals surface area contributed by atoms with E-state index in [-0.39, 0.29) is 11.1 Å². The second kappa shape index (κ2) is 3.67. The van der Waals surface area contributed by atoms with Gasteiger partial charge in [-0.3, -0.25) is 4.57 Å². The molecule has 0 spiro atoms. The van der Waals surface area contributed by atoms with Gasteiger partial charge in [-0.05, 0) is 23.6 Å². The number of H-pyrrole nitrogens is 1. The zero-order valence-corrected chi connectivity index (χ0v) is 10.4. The van der Waals surface area contributed by atoms with Gasteiger partial charge in [-0.1, -0.05) is 32.4 Å². The highest BCUT2D eigenvalue weighted by Crippen LogP contribution is 2.21. The number of aromatic amines is 1. The van der Waals surface area contributed by atoms with Crippen molar-refractivity contribution in [2.24, 2.45) is 5.41 Å². The van der Waals surface area contributed by atoms with Crippen molar-refractivity contribution >= 4 is 22.6 Å². The summed E-state index contributed by atoms with van der Waals surface area (Å²) in [7, 11) is 0. The summed E-state index contributed by atoms with van der Waals surface area (Å²) in [6, 6.07) is 5.45. The lowest BCUT2D eigenvalue weighted by Crippen LogP contribution is -2.24. The SMILES string of the molecule is CC(C)(C)Cn1c(=O)[nH]c2cc(Cl)ccc21. The normalized spacial score (nSPS) is 12.2. The lowest BCUT2D eigenvalue weighted by Gasteiger charge is -2.18. The Bertz CT molecular complexity index is 575. The van der Waals surface area contributed by atoms with Gasteiger partial charge in [0.25, 0.3) is 0 Å². The van der Waals surface area contributed by atoms with E-state index in [0.29, 0.717) is 11.6 Å². The first-order valence-corrected chi connectivity index (χ1v) is 5.63. The molecule has 86 valence electrons. The van der Waals surface area contributed by atoms with Crippen molar-refractivity contribution in [3.8, 4) is 0 Å². The van der Waals surface area contributed by atoms with Crippen LogP contribution < -0.4 is 5.69 Å². The molecule has 0 aliphatic carbocycles. The molecule has 0 aliphatic rings. The average molecular weight is 239 g/mol. The molecular formula is C12H15ClN2O. The van der Waals surface area contributed by atoms with E-state index in [1.807, 2.05) is 6.07 Å². The lowest BCUT2D eigenvalue weighted by molar-refractivity contribution is 0.344. The molecule has 1 aromatic carbocycles. The van der Waals surface area contributed by atoms with E-state index in [9.17, 15) is 4.79 Å². The van der Waals surface area contributed by atoms with Crippen molar-refractivity contribution in [2.45, 2.75) is 27.3 Å². The Kier molecular flexibility index (Phi) is 2.58. The molecule has 3 nitrogen and oxygen atoms in total. The Morgan fingerprint density at radius 3 is 2.69 bits per heavy atom. The summed E-state index contributed by atoms with van der Waals surface area (Å²) in [6.07, 6.45) is 0. The summed E-state index contributed by atoms with van der Waals surface area (Å²) in [5.41, 5.74) is 1.69. The first-order valence-electron chi connectivity index (χ1n) is 5.25. The molecule has 1 N–H and O–H groups in total. The molecule has 0 aliphatic heterocycles. The van der Waals surface area contributed by atoms with Crippen molar-refractivity contribution < 1.29 is 0 Å². The number of hydrogen-bond donors (Lipinski definition) is 1. The number of aromatic nitrogens is 2. The van der Waals surface area contributed by atoms with Crippen LogP contribution in [0.2, 0.25) is 5.02 Å². The molecule has 0 atom stereocenters. The predicted molar refractivity (Wildman–Crippen MR) is 67.0 cm³/mol. The molecule has 0 unspecified atom stereocenters. The van der Waals surface area contributed by atoms with Crippen molar-refractivity contribution in [3.05, 3.63) is 33.7 Å². The molecule has 1 heterocycles. The van der Waals surface area contributed by atoms with Crippen LogP contribution in [0.1, 0.15) is 20.8 Å². The van der Waals surface area contributed by atoms with Crippen molar-refractivity contribution in [3.63, 3.8) is 0 Å². The molecule has 0 fully saturated rings. The van der Waals surface area contributed by atoms with E-state index in [4.69, 9.17) is 11.6 Å². The maximum absolute atomic E-state index is 11.8. The number of benzene rings is 1. The number of nitrogens with zero attached hydrogens (tertiary/aromatic N) is 1. The van der Waals surface area contributed by atoms with Gasteiger partial charge in [0.1, 0.15) is 0 Å². The monoisotopic (exact) mass is 238 g/mol. The third-order valence-corrected chi connectivity index (χ3v) is 2.60. The van der Waals surface area contributed by atoms with E-state index in [0.717, 1.165) is 11.0 Å². The lowest BCUT2D eigenvalue weighted by atomic mass is 9.97. The van der Waals surface area contributed by atoms with E-state index < -0.39 is 0 Å². The largest absolute Gasteiger partial charge is 0.326 e. The standard InChI is InChI=1S/C12H15ClN2O/c1-12(2,3)7-15-10-5-4-8(13)6-9(10)14-11(15)16/h4-6H,7H2,1-3H3,(H,14,16). The number of fused-ring (bicyclic) bond motifs is 1. The number of rotatable bonds is 1. The molecule has 2 rings (SSSR count).